The first kappa shape index (κ1) is 18.0. The predicted molar refractivity (Wildman–Crippen MR) is 99.0 cm³/mol. The average Bonchev–Trinajstić information content (AvgIpc) is 2.96. The van der Waals surface area contributed by atoms with E-state index in [1.165, 1.54) is 37.7 Å². The molecule has 1 aromatic carbocycles. The minimum Gasteiger partial charge on any atom is -0.356 e. The molecule has 2 amide bonds. The molecule has 1 unspecified atom stereocenters. The first-order chi connectivity index (χ1) is 12.1. The lowest BCUT2D eigenvalue weighted by Crippen LogP contribution is -2.38. The summed E-state index contributed by atoms with van der Waals surface area (Å²) >= 11 is 0. The summed E-state index contributed by atoms with van der Waals surface area (Å²) in [7, 11) is 0. The molecular weight excluding hydrogens is 312 g/mol. The summed E-state index contributed by atoms with van der Waals surface area (Å²) in [5.41, 5.74) is 2.35. The Kier molecular flexibility index (Phi) is 6.11. The van der Waals surface area contributed by atoms with E-state index in [2.05, 4.69) is 36.5 Å². The third-order valence-corrected chi connectivity index (χ3v) is 5.66. The van der Waals surface area contributed by atoms with E-state index in [9.17, 15) is 9.59 Å². The maximum atomic E-state index is 12.3. The third kappa shape index (κ3) is 5.07. The molecule has 1 aliphatic carbocycles. The summed E-state index contributed by atoms with van der Waals surface area (Å²) in [6, 6.07) is 8.33. The third-order valence-electron chi connectivity index (χ3n) is 5.66. The highest BCUT2D eigenvalue weighted by atomic mass is 16.2. The number of carbonyl (C=O) groups excluding carboxylic acids is 2. The van der Waals surface area contributed by atoms with Crippen LogP contribution < -0.4 is 5.32 Å². The minimum absolute atomic E-state index is 0.0418. The molecule has 1 aromatic rings. The maximum absolute atomic E-state index is 12.3. The topological polar surface area (TPSA) is 49.4 Å². The van der Waals surface area contributed by atoms with Crippen molar-refractivity contribution in [2.45, 2.75) is 70.9 Å². The normalized spacial score (nSPS) is 21.6. The quantitative estimate of drug-likeness (QED) is 0.859. The highest BCUT2D eigenvalue weighted by Gasteiger charge is 2.32. The molecule has 1 aliphatic heterocycles. The summed E-state index contributed by atoms with van der Waals surface area (Å²) in [5.74, 6) is 0.913. The smallest absolute Gasteiger partial charge is 0.223 e. The van der Waals surface area contributed by atoms with Crippen LogP contribution in [0.15, 0.2) is 24.3 Å². The number of aryl methyl sites for hydroxylation is 1. The molecule has 0 spiro atoms. The Morgan fingerprint density at radius 2 is 1.84 bits per heavy atom. The van der Waals surface area contributed by atoms with Crippen LogP contribution in [0.25, 0.3) is 0 Å². The van der Waals surface area contributed by atoms with Crippen LogP contribution in [0.5, 0.6) is 0 Å². The van der Waals surface area contributed by atoms with Crippen LogP contribution in [0.4, 0.5) is 0 Å². The Balaban J connectivity index is 1.50. The van der Waals surface area contributed by atoms with Gasteiger partial charge in [-0.15, -0.1) is 0 Å². The molecule has 0 radical (unpaired) electrons. The van der Waals surface area contributed by atoms with E-state index >= 15 is 0 Å². The lowest BCUT2D eigenvalue weighted by atomic mass is 9.89. The van der Waals surface area contributed by atoms with Crippen molar-refractivity contribution >= 4 is 11.8 Å². The van der Waals surface area contributed by atoms with Gasteiger partial charge >= 0.3 is 0 Å². The number of benzene rings is 1. The van der Waals surface area contributed by atoms with Gasteiger partial charge in [-0.05, 0) is 37.7 Å². The summed E-state index contributed by atoms with van der Waals surface area (Å²) in [4.78, 5) is 26.5. The van der Waals surface area contributed by atoms with Gasteiger partial charge in [0, 0.05) is 32.0 Å². The van der Waals surface area contributed by atoms with Crippen LogP contribution in [0, 0.1) is 12.8 Å². The zero-order valence-electron chi connectivity index (χ0n) is 15.3. The van der Waals surface area contributed by atoms with Crippen LogP contribution in [0.2, 0.25) is 0 Å². The van der Waals surface area contributed by atoms with Crippen molar-refractivity contribution in [3.05, 3.63) is 35.4 Å². The van der Waals surface area contributed by atoms with Crippen LogP contribution >= 0.6 is 0 Å². The Morgan fingerprint density at radius 3 is 2.56 bits per heavy atom. The van der Waals surface area contributed by atoms with E-state index in [-0.39, 0.29) is 17.9 Å². The monoisotopic (exact) mass is 342 g/mol. The van der Waals surface area contributed by atoms with Crippen molar-refractivity contribution in [2.24, 2.45) is 5.92 Å². The fraction of sp³-hybridized carbons (Fsp3) is 0.619. The van der Waals surface area contributed by atoms with E-state index in [1.807, 2.05) is 4.90 Å². The first-order valence-corrected chi connectivity index (χ1v) is 9.73. The fourth-order valence-electron chi connectivity index (χ4n) is 4.05. The summed E-state index contributed by atoms with van der Waals surface area (Å²) in [5, 5.41) is 3.11. The highest BCUT2D eigenvalue weighted by Crippen LogP contribution is 2.25. The number of nitrogens with zero attached hydrogens (tertiary/aromatic N) is 1. The van der Waals surface area contributed by atoms with Crippen LogP contribution in [-0.2, 0) is 16.1 Å². The molecular formula is C21H30N2O2. The average molecular weight is 342 g/mol. The fourth-order valence-corrected chi connectivity index (χ4v) is 4.05. The molecule has 0 aromatic heterocycles. The van der Waals surface area contributed by atoms with E-state index in [0.29, 0.717) is 25.3 Å². The highest BCUT2D eigenvalue weighted by molar-refractivity contribution is 5.82. The first-order valence-electron chi connectivity index (χ1n) is 9.73. The van der Waals surface area contributed by atoms with Crippen LogP contribution in [0.3, 0.4) is 0 Å². The predicted octanol–water partition coefficient (Wildman–Crippen LogP) is 3.57. The van der Waals surface area contributed by atoms with E-state index in [0.717, 1.165) is 18.5 Å². The molecule has 4 heteroatoms. The second-order valence-corrected chi connectivity index (χ2v) is 7.71. The molecule has 2 aliphatic rings. The molecule has 1 saturated carbocycles. The SMILES string of the molecule is Cc1ccc(CN2C(=O)CCC2CC(=O)NCC2CCCCC2)cc1. The summed E-state index contributed by atoms with van der Waals surface area (Å²) < 4.78 is 0. The van der Waals surface area contributed by atoms with Crippen molar-refractivity contribution < 1.29 is 9.59 Å². The van der Waals surface area contributed by atoms with E-state index < -0.39 is 0 Å². The molecule has 1 saturated heterocycles. The van der Waals surface area contributed by atoms with Gasteiger partial charge in [0.15, 0.2) is 0 Å². The van der Waals surface area contributed by atoms with Gasteiger partial charge in [0.1, 0.15) is 0 Å². The molecule has 1 N–H and O–H groups in total. The second kappa shape index (κ2) is 8.50. The molecule has 136 valence electrons. The van der Waals surface area contributed by atoms with Crippen molar-refractivity contribution in [1.82, 2.24) is 10.2 Å². The van der Waals surface area contributed by atoms with Gasteiger partial charge in [-0.25, -0.2) is 0 Å². The summed E-state index contributed by atoms with van der Waals surface area (Å²) in [6.07, 6.45) is 8.19. The van der Waals surface area contributed by atoms with Crippen molar-refractivity contribution in [2.75, 3.05) is 6.54 Å². The number of carbonyl (C=O) groups is 2. The Labute approximate surface area is 151 Å². The minimum atomic E-state index is 0.0418. The van der Waals surface area contributed by atoms with E-state index in [4.69, 9.17) is 0 Å². The number of nitrogens with one attached hydrogen (secondary N) is 1. The lowest BCUT2D eigenvalue weighted by molar-refractivity contribution is -0.130. The van der Waals surface area contributed by atoms with Gasteiger partial charge in [0.05, 0.1) is 0 Å². The number of rotatable bonds is 6. The maximum Gasteiger partial charge on any atom is 0.223 e. The molecule has 1 atom stereocenters. The second-order valence-electron chi connectivity index (χ2n) is 7.71. The Hall–Kier alpha value is -1.84. The molecule has 2 fully saturated rings. The van der Waals surface area contributed by atoms with Gasteiger partial charge in [0.2, 0.25) is 11.8 Å². The van der Waals surface area contributed by atoms with Gasteiger partial charge in [-0.2, -0.15) is 0 Å². The summed E-state index contributed by atoms with van der Waals surface area (Å²) in [6.45, 7) is 3.47. The van der Waals surface area contributed by atoms with Gasteiger partial charge in [-0.1, -0.05) is 49.1 Å². The zero-order chi connectivity index (χ0) is 17.6. The molecule has 4 nitrogen and oxygen atoms in total. The molecule has 3 rings (SSSR count). The lowest BCUT2D eigenvalue weighted by Gasteiger charge is -2.26. The Bertz CT molecular complexity index is 590. The molecule has 0 bridgehead atoms. The van der Waals surface area contributed by atoms with Crippen molar-refractivity contribution in [3.8, 4) is 0 Å². The number of amides is 2. The van der Waals surface area contributed by atoms with Gasteiger partial charge in [0.25, 0.3) is 0 Å². The van der Waals surface area contributed by atoms with Crippen LogP contribution in [0.1, 0.15) is 62.5 Å². The molecule has 25 heavy (non-hydrogen) atoms. The molecule has 1 heterocycles. The van der Waals surface area contributed by atoms with Crippen LogP contribution in [-0.4, -0.2) is 29.3 Å². The zero-order valence-corrected chi connectivity index (χ0v) is 15.3. The number of hydrogen-bond acceptors (Lipinski definition) is 2. The van der Waals surface area contributed by atoms with Gasteiger partial charge in [-0.3, -0.25) is 9.59 Å². The number of hydrogen-bond donors (Lipinski definition) is 1. The van der Waals surface area contributed by atoms with Crippen molar-refractivity contribution in [1.29, 1.82) is 0 Å². The van der Waals surface area contributed by atoms with Crippen molar-refractivity contribution in [3.63, 3.8) is 0 Å². The standard InChI is InChI=1S/C21H30N2O2/c1-16-7-9-18(10-8-16)15-23-19(11-12-21(23)25)13-20(24)22-14-17-5-3-2-4-6-17/h7-10,17,19H,2-6,11-15H2,1H3,(H,22,24). The van der Waals surface area contributed by atoms with E-state index in [1.54, 1.807) is 0 Å². The number of likely N-dealkylation sites (tertiary alicyclic amines) is 1. The Morgan fingerprint density at radius 1 is 1.12 bits per heavy atom. The largest absolute Gasteiger partial charge is 0.356 e. The van der Waals surface area contributed by atoms with Gasteiger partial charge < -0.3 is 10.2 Å².